The maximum absolute atomic E-state index is 9.44. The molecule has 0 bridgehead atoms. The van der Waals surface area contributed by atoms with Crippen LogP contribution in [0.15, 0.2) is 29.3 Å². The Labute approximate surface area is 77.4 Å². The first-order valence-electron chi connectivity index (χ1n) is 4.16. The Morgan fingerprint density at radius 2 is 2.08 bits per heavy atom. The Bertz CT molecular complexity index is 308. The second-order valence-electron chi connectivity index (χ2n) is 2.71. The molecule has 0 aromatic heterocycles. The van der Waals surface area contributed by atoms with Crippen LogP contribution in [0.25, 0.3) is 0 Å². The van der Waals surface area contributed by atoms with Crippen LogP contribution in [-0.2, 0) is 0 Å². The van der Waals surface area contributed by atoms with Crippen molar-refractivity contribution in [3.63, 3.8) is 0 Å². The molecule has 0 aliphatic rings. The molecule has 0 aliphatic carbocycles. The zero-order valence-corrected chi connectivity index (χ0v) is 7.57. The fourth-order valence-corrected chi connectivity index (χ4v) is 1.08. The summed E-state index contributed by atoms with van der Waals surface area (Å²) in [5.74, 6) is 0.224. The summed E-state index contributed by atoms with van der Waals surface area (Å²) < 4.78 is 0. The average Bonchev–Trinajstić information content (AvgIpc) is 2.15. The molecular weight excluding hydrogens is 166 g/mol. The van der Waals surface area contributed by atoms with Crippen LogP contribution in [0.2, 0.25) is 0 Å². The monoisotopic (exact) mass is 179 g/mol. The van der Waals surface area contributed by atoms with Gasteiger partial charge in [0.15, 0.2) is 0 Å². The van der Waals surface area contributed by atoms with Gasteiger partial charge in [0.25, 0.3) is 0 Å². The molecule has 0 saturated heterocycles. The molecule has 0 saturated carbocycles. The van der Waals surface area contributed by atoms with Crippen molar-refractivity contribution < 1.29 is 10.2 Å². The highest BCUT2D eigenvalue weighted by Gasteiger charge is 2.01. The lowest BCUT2D eigenvalue weighted by molar-refractivity contribution is 0.307. The number of hydrogen-bond donors (Lipinski definition) is 2. The van der Waals surface area contributed by atoms with Crippen molar-refractivity contribution in [1.82, 2.24) is 0 Å². The van der Waals surface area contributed by atoms with E-state index in [0.29, 0.717) is 6.54 Å². The van der Waals surface area contributed by atoms with Gasteiger partial charge < -0.3 is 10.2 Å². The number of aromatic hydroxyl groups is 1. The molecule has 0 amide bonds. The lowest BCUT2D eigenvalue weighted by Crippen LogP contribution is -1.98. The summed E-state index contributed by atoms with van der Waals surface area (Å²) in [5, 5.41) is 18.0. The molecule has 1 aromatic carbocycles. The first-order valence-corrected chi connectivity index (χ1v) is 4.16. The topological polar surface area (TPSA) is 52.8 Å². The Hall–Kier alpha value is -1.35. The van der Waals surface area contributed by atoms with Crippen LogP contribution >= 0.6 is 0 Å². The number of aliphatic imine (C=N–C) groups is 1. The number of aliphatic hydroxyl groups excluding tert-OH is 1. The highest BCUT2D eigenvalue weighted by molar-refractivity contribution is 6.00. The SMILES string of the molecule is CC(=NCCO)c1ccccc1O. The first kappa shape index (κ1) is 9.74. The molecular formula is C10H13NO2. The van der Waals surface area contributed by atoms with Crippen molar-refractivity contribution >= 4 is 5.71 Å². The molecule has 13 heavy (non-hydrogen) atoms. The molecule has 0 spiro atoms. The van der Waals surface area contributed by atoms with Crippen LogP contribution in [0.1, 0.15) is 12.5 Å². The standard InChI is InChI=1S/C10H13NO2/c1-8(11-6-7-12)9-4-2-3-5-10(9)13/h2-5,12-13H,6-7H2,1H3. The number of phenolic OH excluding ortho intramolecular Hbond substituents is 1. The van der Waals surface area contributed by atoms with Crippen LogP contribution in [0.5, 0.6) is 5.75 Å². The molecule has 0 fully saturated rings. The van der Waals surface area contributed by atoms with E-state index in [9.17, 15) is 5.11 Å². The second-order valence-corrected chi connectivity index (χ2v) is 2.71. The predicted molar refractivity (Wildman–Crippen MR) is 52.3 cm³/mol. The number of hydrogen-bond acceptors (Lipinski definition) is 3. The summed E-state index contributed by atoms with van der Waals surface area (Å²) in [7, 11) is 0. The molecule has 0 heterocycles. The number of benzene rings is 1. The van der Waals surface area contributed by atoms with Crippen LogP contribution in [0, 0.1) is 0 Å². The van der Waals surface area contributed by atoms with Crippen LogP contribution in [-0.4, -0.2) is 29.1 Å². The van der Waals surface area contributed by atoms with E-state index in [-0.39, 0.29) is 12.4 Å². The van der Waals surface area contributed by atoms with Gasteiger partial charge in [-0.05, 0) is 19.1 Å². The van der Waals surface area contributed by atoms with E-state index in [1.165, 1.54) is 0 Å². The summed E-state index contributed by atoms with van der Waals surface area (Å²) in [4.78, 5) is 4.08. The van der Waals surface area contributed by atoms with E-state index >= 15 is 0 Å². The second kappa shape index (κ2) is 4.62. The van der Waals surface area contributed by atoms with E-state index < -0.39 is 0 Å². The molecule has 1 aromatic rings. The van der Waals surface area contributed by atoms with E-state index in [1.54, 1.807) is 18.2 Å². The minimum atomic E-state index is 0.0327. The van der Waals surface area contributed by atoms with Crippen molar-refractivity contribution in [2.45, 2.75) is 6.92 Å². The molecule has 0 atom stereocenters. The van der Waals surface area contributed by atoms with Gasteiger partial charge in [0.2, 0.25) is 0 Å². The third kappa shape index (κ3) is 2.56. The van der Waals surface area contributed by atoms with Crippen LogP contribution in [0.3, 0.4) is 0 Å². The number of para-hydroxylation sites is 1. The molecule has 2 N–H and O–H groups in total. The number of aliphatic hydroxyl groups is 1. The summed E-state index contributed by atoms with van der Waals surface area (Å²) in [6.07, 6.45) is 0. The smallest absolute Gasteiger partial charge is 0.124 e. The number of rotatable bonds is 3. The normalized spacial score (nSPS) is 11.7. The number of phenols is 1. The maximum Gasteiger partial charge on any atom is 0.124 e. The zero-order valence-electron chi connectivity index (χ0n) is 7.57. The molecule has 0 aliphatic heterocycles. The Balaban J connectivity index is 2.88. The third-order valence-corrected chi connectivity index (χ3v) is 1.74. The quantitative estimate of drug-likeness (QED) is 0.685. The summed E-state index contributed by atoms with van der Waals surface area (Å²) in [6, 6.07) is 7.02. The molecule has 3 nitrogen and oxygen atoms in total. The number of nitrogens with zero attached hydrogens (tertiary/aromatic N) is 1. The van der Waals surface area contributed by atoms with Gasteiger partial charge in [0.1, 0.15) is 5.75 Å². The van der Waals surface area contributed by atoms with Gasteiger partial charge >= 0.3 is 0 Å². The molecule has 0 radical (unpaired) electrons. The molecule has 1 rings (SSSR count). The molecule has 70 valence electrons. The minimum absolute atomic E-state index is 0.0327. The van der Waals surface area contributed by atoms with Gasteiger partial charge in [-0.1, -0.05) is 12.1 Å². The van der Waals surface area contributed by atoms with Gasteiger partial charge in [-0.25, -0.2) is 0 Å². The van der Waals surface area contributed by atoms with Gasteiger partial charge in [-0.15, -0.1) is 0 Å². The van der Waals surface area contributed by atoms with Crippen LogP contribution in [0.4, 0.5) is 0 Å². The third-order valence-electron chi connectivity index (χ3n) is 1.74. The fourth-order valence-electron chi connectivity index (χ4n) is 1.08. The van der Waals surface area contributed by atoms with E-state index in [1.807, 2.05) is 13.0 Å². The fraction of sp³-hybridized carbons (Fsp3) is 0.300. The Kier molecular flexibility index (Phi) is 3.46. The Morgan fingerprint density at radius 3 is 2.69 bits per heavy atom. The van der Waals surface area contributed by atoms with Crippen molar-refractivity contribution in [2.24, 2.45) is 4.99 Å². The van der Waals surface area contributed by atoms with Crippen molar-refractivity contribution in [2.75, 3.05) is 13.2 Å². The Morgan fingerprint density at radius 1 is 1.38 bits per heavy atom. The van der Waals surface area contributed by atoms with Gasteiger partial charge in [0, 0.05) is 11.3 Å². The van der Waals surface area contributed by atoms with Crippen molar-refractivity contribution in [3.05, 3.63) is 29.8 Å². The molecule has 0 unspecified atom stereocenters. The molecule has 3 heteroatoms. The van der Waals surface area contributed by atoms with Gasteiger partial charge in [-0.3, -0.25) is 4.99 Å². The largest absolute Gasteiger partial charge is 0.507 e. The van der Waals surface area contributed by atoms with Crippen molar-refractivity contribution in [3.8, 4) is 5.75 Å². The van der Waals surface area contributed by atoms with E-state index in [4.69, 9.17) is 5.11 Å². The van der Waals surface area contributed by atoms with E-state index in [2.05, 4.69) is 4.99 Å². The highest BCUT2D eigenvalue weighted by atomic mass is 16.3. The predicted octanol–water partition coefficient (Wildman–Crippen LogP) is 1.19. The maximum atomic E-state index is 9.44. The van der Waals surface area contributed by atoms with Gasteiger partial charge in [-0.2, -0.15) is 0 Å². The first-order chi connectivity index (χ1) is 6.25. The summed E-state index contributed by atoms with van der Waals surface area (Å²) in [5.41, 5.74) is 1.46. The lowest BCUT2D eigenvalue weighted by atomic mass is 10.1. The van der Waals surface area contributed by atoms with Crippen LogP contribution < -0.4 is 0 Å². The van der Waals surface area contributed by atoms with E-state index in [0.717, 1.165) is 11.3 Å². The van der Waals surface area contributed by atoms with Gasteiger partial charge in [0.05, 0.1) is 13.2 Å². The van der Waals surface area contributed by atoms with Crippen molar-refractivity contribution in [1.29, 1.82) is 0 Å². The zero-order chi connectivity index (χ0) is 9.68. The lowest BCUT2D eigenvalue weighted by Gasteiger charge is -2.02. The highest BCUT2D eigenvalue weighted by Crippen LogP contribution is 2.16. The minimum Gasteiger partial charge on any atom is -0.507 e. The summed E-state index contributed by atoms with van der Waals surface area (Å²) in [6.45, 7) is 2.22. The summed E-state index contributed by atoms with van der Waals surface area (Å²) >= 11 is 0. The average molecular weight is 179 g/mol.